The van der Waals surface area contributed by atoms with Gasteiger partial charge < -0.3 is 5.32 Å². The first-order chi connectivity index (χ1) is 5.88. The molecule has 1 aliphatic heterocycles. The summed E-state index contributed by atoms with van der Waals surface area (Å²) in [5.41, 5.74) is 0. The van der Waals surface area contributed by atoms with Crippen LogP contribution in [0.1, 0.15) is 32.1 Å². The van der Waals surface area contributed by atoms with Crippen molar-refractivity contribution in [3.8, 4) is 0 Å². The maximum atomic E-state index is 13.8. The third kappa shape index (κ3) is 1.63. The van der Waals surface area contributed by atoms with Crippen LogP contribution in [0, 0.1) is 11.8 Å². The van der Waals surface area contributed by atoms with Gasteiger partial charge in [0.1, 0.15) is 6.17 Å². The van der Waals surface area contributed by atoms with Crippen LogP contribution in [-0.2, 0) is 0 Å². The van der Waals surface area contributed by atoms with Crippen molar-refractivity contribution >= 4 is 0 Å². The molecule has 0 amide bonds. The van der Waals surface area contributed by atoms with Gasteiger partial charge in [-0.2, -0.15) is 0 Å². The van der Waals surface area contributed by atoms with Crippen LogP contribution in [0.3, 0.4) is 0 Å². The zero-order valence-electron chi connectivity index (χ0n) is 7.56. The molecule has 12 heavy (non-hydrogen) atoms. The zero-order chi connectivity index (χ0) is 8.39. The summed E-state index contributed by atoms with van der Waals surface area (Å²) < 4.78 is 13.8. The molecule has 0 aromatic heterocycles. The van der Waals surface area contributed by atoms with Gasteiger partial charge in [0.15, 0.2) is 0 Å². The molecule has 1 aliphatic carbocycles. The number of hydrogen-bond acceptors (Lipinski definition) is 1. The molecule has 70 valence electrons. The normalized spacial score (nSPS) is 34.2. The summed E-state index contributed by atoms with van der Waals surface area (Å²) in [5, 5.41) is 3.24. The third-order valence-electron chi connectivity index (χ3n) is 3.40. The van der Waals surface area contributed by atoms with Gasteiger partial charge >= 0.3 is 0 Å². The van der Waals surface area contributed by atoms with Gasteiger partial charge in [0.05, 0.1) is 0 Å². The van der Waals surface area contributed by atoms with Crippen molar-refractivity contribution in [2.45, 2.75) is 38.3 Å². The number of halogens is 1. The van der Waals surface area contributed by atoms with Crippen LogP contribution in [0.15, 0.2) is 0 Å². The largest absolute Gasteiger partial charge is 0.316 e. The minimum atomic E-state index is -0.512. The van der Waals surface area contributed by atoms with E-state index in [1.807, 2.05) is 0 Å². The van der Waals surface area contributed by atoms with Gasteiger partial charge in [0, 0.05) is 12.5 Å². The smallest absolute Gasteiger partial charge is 0.107 e. The number of nitrogens with one attached hydrogen (secondary N) is 1. The Morgan fingerprint density at radius 1 is 1.08 bits per heavy atom. The maximum Gasteiger partial charge on any atom is 0.107 e. The Kier molecular flexibility index (Phi) is 2.64. The van der Waals surface area contributed by atoms with Crippen LogP contribution in [0.2, 0.25) is 0 Å². The SMILES string of the molecule is FC(C1CCCC1)C1CCNC1. The van der Waals surface area contributed by atoms with Crippen molar-refractivity contribution in [3.05, 3.63) is 0 Å². The standard InChI is InChI=1S/C10H18FN/c11-10(8-3-1-2-4-8)9-5-6-12-7-9/h8-10,12H,1-7H2. The van der Waals surface area contributed by atoms with Gasteiger partial charge in [-0.15, -0.1) is 0 Å². The van der Waals surface area contributed by atoms with Gasteiger partial charge in [-0.05, 0) is 31.7 Å². The van der Waals surface area contributed by atoms with Crippen molar-refractivity contribution in [1.82, 2.24) is 5.32 Å². The molecule has 0 radical (unpaired) electrons. The highest BCUT2D eigenvalue weighted by atomic mass is 19.1. The number of hydrogen-bond donors (Lipinski definition) is 1. The fourth-order valence-corrected chi connectivity index (χ4v) is 2.61. The Labute approximate surface area is 73.7 Å². The molecule has 1 saturated heterocycles. The maximum absolute atomic E-state index is 13.8. The Morgan fingerprint density at radius 3 is 2.42 bits per heavy atom. The van der Waals surface area contributed by atoms with E-state index >= 15 is 0 Å². The van der Waals surface area contributed by atoms with Gasteiger partial charge in [0.2, 0.25) is 0 Å². The Morgan fingerprint density at radius 2 is 1.83 bits per heavy atom. The summed E-state index contributed by atoms with van der Waals surface area (Å²) in [6, 6.07) is 0. The molecule has 2 aliphatic rings. The van der Waals surface area contributed by atoms with Gasteiger partial charge in [-0.25, -0.2) is 4.39 Å². The number of alkyl halides is 1. The minimum absolute atomic E-state index is 0.327. The van der Waals surface area contributed by atoms with Crippen molar-refractivity contribution in [2.75, 3.05) is 13.1 Å². The molecule has 1 heterocycles. The van der Waals surface area contributed by atoms with Crippen LogP contribution in [-0.4, -0.2) is 19.3 Å². The van der Waals surface area contributed by atoms with Crippen LogP contribution in [0.4, 0.5) is 4.39 Å². The Balaban J connectivity index is 1.84. The Bertz CT molecular complexity index is 121. The first-order valence-electron chi connectivity index (χ1n) is 5.22. The predicted molar refractivity (Wildman–Crippen MR) is 47.8 cm³/mol. The Hall–Kier alpha value is -0.110. The van der Waals surface area contributed by atoms with Gasteiger partial charge in [0.25, 0.3) is 0 Å². The van der Waals surface area contributed by atoms with Crippen LogP contribution in [0.25, 0.3) is 0 Å². The summed E-state index contributed by atoms with van der Waals surface area (Å²) in [7, 11) is 0. The highest BCUT2D eigenvalue weighted by Gasteiger charge is 2.32. The summed E-state index contributed by atoms with van der Waals surface area (Å²) in [5.74, 6) is 0.725. The predicted octanol–water partition coefficient (Wildman–Crippen LogP) is 2.12. The molecule has 1 saturated carbocycles. The molecule has 2 unspecified atom stereocenters. The zero-order valence-corrected chi connectivity index (χ0v) is 7.56. The van der Waals surface area contributed by atoms with E-state index in [4.69, 9.17) is 0 Å². The molecular formula is C10H18FN. The fraction of sp³-hybridized carbons (Fsp3) is 1.00. The molecule has 0 aromatic rings. The van der Waals surface area contributed by atoms with Crippen LogP contribution >= 0.6 is 0 Å². The molecule has 0 spiro atoms. The monoisotopic (exact) mass is 171 g/mol. The lowest BCUT2D eigenvalue weighted by molar-refractivity contribution is 0.161. The van der Waals surface area contributed by atoms with E-state index in [2.05, 4.69) is 5.32 Å². The minimum Gasteiger partial charge on any atom is -0.316 e. The van der Waals surface area contributed by atoms with E-state index in [0.717, 1.165) is 32.4 Å². The summed E-state index contributed by atoms with van der Waals surface area (Å²) in [6.45, 7) is 1.94. The molecule has 2 rings (SSSR count). The van der Waals surface area contributed by atoms with Crippen LogP contribution in [0.5, 0.6) is 0 Å². The highest BCUT2D eigenvalue weighted by Crippen LogP contribution is 2.34. The molecule has 0 aromatic carbocycles. The van der Waals surface area contributed by atoms with Crippen molar-refractivity contribution in [2.24, 2.45) is 11.8 Å². The fourth-order valence-electron chi connectivity index (χ4n) is 2.61. The lowest BCUT2D eigenvalue weighted by atomic mass is 9.90. The molecule has 1 nitrogen and oxygen atoms in total. The van der Waals surface area contributed by atoms with E-state index in [9.17, 15) is 4.39 Å². The van der Waals surface area contributed by atoms with E-state index < -0.39 is 6.17 Å². The average Bonchev–Trinajstić information content (AvgIpc) is 2.77. The van der Waals surface area contributed by atoms with Crippen molar-refractivity contribution in [3.63, 3.8) is 0 Å². The summed E-state index contributed by atoms with van der Waals surface area (Å²) in [6.07, 6.45) is 5.33. The quantitative estimate of drug-likeness (QED) is 0.671. The van der Waals surface area contributed by atoms with E-state index in [-0.39, 0.29) is 0 Å². The van der Waals surface area contributed by atoms with Crippen LogP contribution < -0.4 is 5.32 Å². The highest BCUT2D eigenvalue weighted by molar-refractivity contribution is 4.84. The molecule has 2 atom stereocenters. The van der Waals surface area contributed by atoms with Gasteiger partial charge in [-0.3, -0.25) is 0 Å². The molecule has 2 fully saturated rings. The lowest BCUT2D eigenvalue weighted by Crippen LogP contribution is -2.25. The van der Waals surface area contributed by atoms with Gasteiger partial charge in [-0.1, -0.05) is 12.8 Å². The second-order valence-electron chi connectivity index (χ2n) is 4.24. The van der Waals surface area contributed by atoms with E-state index in [1.54, 1.807) is 0 Å². The third-order valence-corrected chi connectivity index (χ3v) is 3.40. The summed E-state index contributed by atoms with van der Waals surface area (Å²) in [4.78, 5) is 0. The molecule has 1 N–H and O–H groups in total. The lowest BCUT2D eigenvalue weighted by Gasteiger charge is -2.20. The van der Waals surface area contributed by atoms with E-state index in [0.29, 0.717) is 11.8 Å². The number of rotatable bonds is 2. The molecule has 0 bridgehead atoms. The first-order valence-corrected chi connectivity index (χ1v) is 5.22. The molecular weight excluding hydrogens is 153 g/mol. The van der Waals surface area contributed by atoms with E-state index in [1.165, 1.54) is 12.8 Å². The molecule has 2 heteroatoms. The first kappa shape index (κ1) is 8.49. The van der Waals surface area contributed by atoms with Crippen molar-refractivity contribution in [1.29, 1.82) is 0 Å². The second kappa shape index (κ2) is 3.73. The topological polar surface area (TPSA) is 12.0 Å². The summed E-state index contributed by atoms with van der Waals surface area (Å²) >= 11 is 0. The van der Waals surface area contributed by atoms with Crippen molar-refractivity contribution < 1.29 is 4.39 Å². The second-order valence-corrected chi connectivity index (χ2v) is 4.24. The average molecular weight is 171 g/mol.